The molecule has 5 nitrogen and oxygen atoms in total. The van der Waals surface area contributed by atoms with Crippen molar-refractivity contribution >= 4 is 38.9 Å². The van der Waals surface area contributed by atoms with Gasteiger partial charge in [-0.3, -0.25) is 9.10 Å². The Morgan fingerprint density at radius 2 is 1.88 bits per heavy atom. The van der Waals surface area contributed by atoms with Crippen molar-refractivity contribution in [2.24, 2.45) is 0 Å². The number of hydrogen-bond donors (Lipinski definition) is 1. The Morgan fingerprint density at radius 1 is 1.17 bits per heavy atom. The molecule has 3 rings (SSSR count). The first-order chi connectivity index (χ1) is 11.4. The van der Waals surface area contributed by atoms with Gasteiger partial charge in [-0.15, -0.1) is 0 Å². The first kappa shape index (κ1) is 16.8. The van der Waals surface area contributed by atoms with E-state index in [0.717, 1.165) is 5.56 Å². The van der Waals surface area contributed by atoms with E-state index in [1.54, 1.807) is 42.5 Å². The van der Waals surface area contributed by atoms with Gasteiger partial charge in [0, 0.05) is 22.8 Å². The Hall–Kier alpha value is -2.05. The van der Waals surface area contributed by atoms with Crippen LogP contribution in [0.25, 0.3) is 0 Å². The third-order valence-electron chi connectivity index (χ3n) is 3.95. The van der Waals surface area contributed by atoms with Crippen LogP contribution < -0.4 is 9.62 Å². The third-order valence-corrected chi connectivity index (χ3v) is 6.07. The number of anilines is 2. The molecule has 0 radical (unpaired) electrons. The van der Waals surface area contributed by atoms with Crippen molar-refractivity contribution in [2.45, 2.75) is 13.3 Å². The molecule has 0 unspecified atom stereocenters. The summed E-state index contributed by atoms with van der Waals surface area (Å²) >= 11 is 5.82. The molecule has 1 aliphatic heterocycles. The van der Waals surface area contributed by atoms with Gasteiger partial charge in [-0.1, -0.05) is 11.6 Å². The number of carbonyl (C=O) groups is 1. The Labute approximate surface area is 146 Å². The topological polar surface area (TPSA) is 66.5 Å². The summed E-state index contributed by atoms with van der Waals surface area (Å²) in [5.74, 6) is -0.0579. The van der Waals surface area contributed by atoms with Crippen molar-refractivity contribution in [3.05, 3.63) is 58.6 Å². The van der Waals surface area contributed by atoms with Crippen LogP contribution in [0, 0.1) is 6.92 Å². The maximum absolute atomic E-state index is 12.3. The number of aryl methyl sites for hydroxylation is 1. The largest absolute Gasteiger partial charge is 0.322 e. The van der Waals surface area contributed by atoms with Crippen molar-refractivity contribution < 1.29 is 13.2 Å². The molecule has 24 heavy (non-hydrogen) atoms. The second kappa shape index (κ2) is 6.45. The van der Waals surface area contributed by atoms with Gasteiger partial charge in [-0.05, 0) is 61.4 Å². The van der Waals surface area contributed by atoms with Gasteiger partial charge in [0.2, 0.25) is 10.0 Å². The molecule has 0 aromatic heterocycles. The predicted octanol–water partition coefficient (Wildman–Crippen LogP) is 3.44. The molecule has 0 bridgehead atoms. The standard InChI is InChI=1S/C17H17ClN2O3S/c1-12-11-15(20-9-2-10-24(20,22)23)7-8-16(12)19-17(21)13-3-5-14(18)6-4-13/h3-8,11H,2,9-10H2,1H3,(H,19,21). The summed E-state index contributed by atoms with van der Waals surface area (Å²) in [5.41, 5.74) is 2.59. The lowest BCUT2D eigenvalue weighted by atomic mass is 10.1. The lowest BCUT2D eigenvalue weighted by Gasteiger charge is -2.18. The minimum Gasteiger partial charge on any atom is -0.322 e. The fourth-order valence-corrected chi connectivity index (χ4v) is 4.35. The number of nitrogens with one attached hydrogen (secondary N) is 1. The van der Waals surface area contributed by atoms with Crippen LogP contribution in [-0.2, 0) is 10.0 Å². The van der Waals surface area contributed by atoms with Crippen LogP contribution >= 0.6 is 11.6 Å². The number of halogens is 1. The van der Waals surface area contributed by atoms with Crippen molar-refractivity contribution in [3.63, 3.8) is 0 Å². The van der Waals surface area contributed by atoms with E-state index in [0.29, 0.717) is 34.9 Å². The van der Waals surface area contributed by atoms with Gasteiger partial charge in [-0.25, -0.2) is 8.42 Å². The number of sulfonamides is 1. The van der Waals surface area contributed by atoms with E-state index in [-0.39, 0.29) is 11.7 Å². The van der Waals surface area contributed by atoms with Gasteiger partial charge in [0.1, 0.15) is 0 Å². The Bertz CT molecular complexity index is 879. The molecule has 0 aliphatic carbocycles. The summed E-state index contributed by atoms with van der Waals surface area (Å²) in [6.07, 6.45) is 0.635. The zero-order valence-electron chi connectivity index (χ0n) is 13.1. The SMILES string of the molecule is Cc1cc(N2CCCS2(=O)=O)ccc1NC(=O)c1ccc(Cl)cc1. The quantitative estimate of drug-likeness (QED) is 0.907. The highest BCUT2D eigenvalue weighted by Gasteiger charge is 2.28. The van der Waals surface area contributed by atoms with E-state index in [9.17, 15) is 13.2 Å². The molecule has 1 heterocycles. The number of benzene rings is 2. The Kier molecular flexibility index (Phi) is 4.51. The Balaban J connectivity index is 1.80. The van der Waals surface area contributed by atoms with Gasteiger partial charge in [0.15, 0.2) is 0 Å². The predicted molar refractivity (Wildman–Crippen MR) is 96.3 cm³/mol. The molecule has 1 fully saturated rings. The molecular formula is C17H17ClN2O3S. The van der Waals surface area contributed by atoms with E-state index in [4.69, 9.17) is 11.6 Å². The maximum Gasteiger partial charge on any atom is 0.255 e. The molecule has 2 aromatic carbocycles. The van der Waals surface area contributed by atoms with Crippen molar-refractivity contribution in [1.82, 2.24) is 0 Å². The van der Waals surface area contributed by atoms with Crippen LogP contribution in [0.3, 0.4) is 0 Å². The highest BCUT2D eigenvalue weighted by Crippen LogP contribution is 2.28. The molecule has 2 aromatic rings. The van der Waals surface area contributed by atoms with E-state index in [1.807, 2.05) is 6.92 Å². The van der Waals surface area contributed by atoms with Crippen LogP contribution in [0.2, 0.25) is 5.02 Å². The Morgan fingerprint density at radius 3 is 2.46 bits per heavy atom. The van der Waals surface area contributed by atoms with E-state index in [1.165, 1.54) is 4.31 Å². The lowest BCUT2D eigenvalue weighted by molar-refractivity contribution is 0.102. The summed E-state index contributed by atoms with van der Waals surface area (Å²) < 4.78 is 25.4. The number of hydrogen-bond acceptors (Lipinski definition) is 3. The fourth-order valence-electron chi connectivity index (χ4n) is 2.67. The highest BCUT2D eigenvalue weighted by molar-refractivity contribution is 7.93. The molecule has 0 atom stereocenters. The second-order valence-electron chi connectivity index (χ2n) is 5.70. The zero-order chi connectivity index (χ0) is 17.3. The van der Waals surface area contributed by atoms with Gasteiger partial charge in [0.25, 0.3) is 5.91 Å². The molecular weight excluding hydrogens is 348 g/mol. The molecule has 7 heteroatoms. The van der Waals surface area contributed by atoms with Crippen LogP contribution in [0.4, 0.5) is 11.4 Å². The average molecular weight is 365 g/mol. The normalized spacial score (nSPS) is 16.2. The van der Waals surface area contributed by atoms with Crippen LogP contribution in [0.1, 0.15) is 22.3 Å². The van der Waals surface area contributed by atoms with Gasteiger partial charge < -0.3 is 5.32 Å². The van der Waals surface area contributed by atoms with Gasteiger partial charge >= 0.3 is 0 Å². The van der Waals surface area contributed by atoms with E-state index < -0.39 is 10.0 Å². The molecule has 1 aliphatic rings. The molecule has 1 amide bonds. The van der Waals surface area contributed by atoms with E-state index >= 15 is 0 Å². The van der Waals surface area contributed by atoms with Crippen LogP contribution in [-0.4, -0.2) is 26.6 Å². The number of carbonyl (C=O) groups excluding carboxylic acids is 1. The number of nitrogens with zero attached hydrogens (tertiary/aromatic N) is 1. The molecule has 1 saturated heterocycles. The summed E-state index contributed by atoms with van der Waals surface area (Å²) in [6.45, 7) is 2.34. The molecule has 1 N–H and O–H groups in total. The second-order valence-corrected chi connectivity index (χ2v) is 8.15. The summed E-state index contributed by atoms with van der Waals surface area (Å²) in [5, 5.41) is 3.40. The van der Waals surface area contributed by atoms with Crippen molar-refractivity contribution in [1.29, 1.82) is 0 Å². The van der Waals surface area contributed by atoms with E-state index in [2.05, 4.69) is 5.32 Å². The fraction of sp³-hybridized carbons (Fsp3) is 0.235. The van der Waals surface area contributed by atoms with Crippen molar-refractivity contribution in [3.8, 4) is 0 Å². The smallest absolute Gasteiger partial charge is 0.255 e. The first-order valence-corrected chi connectivity index (χ1v) is 9.53. The summed E-state index contributed by atoms with van der Waals surface area (Å²) in [6, 6.07) is 11.8. The van der Waals surface area contributed by atoms with Gasteiger partial charge in [-0.2, -0.15) is 0 Å². The summed E-state index contributed by atoms with van der Waals surface area (Å²) in [7, 11) is -3.21. The van der Waals surface area contributed by atoms with Crippen molar-refractivity contribution in [2.75, 3.05) is 21.9 Å². The highest BCUT2D eigenvalue weighted by atomic mass is 35.5. The zero-order valence-corrected chi connectivity index (χ0v) is 14.7. The van der Waals surface area contributed by atoms with Gasteiger partial charge in [0.05, 0.1) is 11.4 Å². The van der Waals surface area contributed by atoms with Crippen LogP contribution in [0.15, 0.2) is 42.5 Å². The minimum absolute atomic E-state index is 0.182. The van der Waals surface area contributed by atoms with Crippen LogP contribution in [0.5, 0.6) is 0 Å². The first-order valence-electron chi connectivity index (χ1n) is 7.55. The monoisotopic (exact) mass is 364 g/mol. The molecule has 0 saturated carbocycles. The average Bonchev–Trinajstić information content (AvgIpc) is 2.89. The lowest BCUT2D eigenvalue weighted by Crippen LogP contribution is -2.25. The molecule has 0 spiro atoms. The summed E-state index contributed by atoms with van der Waals surface area (Å²) in [4.78, 5) is 12.3. The third kappa shape index (κ3) is 3.39. The molecule has 126 valence electrons. The maximum atomic E-state index is 12.3. The minimum atomic E-state index is -3.21. The number of rotatable bonds is 3. The number of amides is 1.